The van der Waals surface area contributed by atoms with E-state index in [2.05, 4.69) is 27.7 Å². The van der Waals surface area contributed by atoms with Crippen LogP contribution in [0, 0.1) is 29.1 Å². The Hall–Kier alpha value is 0. The first-order valence-electron chi connectivity index (χ1n) is 8.49. The zero-order chi connectivity index (χ0) is 13.2. The maximum atomic E-state index is 2.54. The van der Waals surface area contributed by atoms with Crippen molar-refractivity contribution in [2.24, 2.45) is 29.1 Å². The molecule has 0 N–H and O–H groups in total. The lowest BCUT2D eigenvalue weighted by Gasteiger charge is -2.41. The molecule has 2 rings (SSSR count). The molecule has 0 aromatic heterocycles. The van der Waals surface area contributed by atoms with Gasteiger partial charge in [-0.3, -0.25) is 0 Å². The van der Waals surface area contributed by atoms with Crippen molar-refractivity contribution in [1.82, 2.24) is 0 Å². The first kappa shape index (κ1) is 14.4. The van der Waals surface area contributed by atoms with Crippen LogP contribution in [-0.4, -0.2) is 0 Å². The summed E-state index contributed by atoms with van der Waals surface area (Å²) in [5.74, 6) is 4.04. The van der Waals surface area contributed by atoms with Gasteiger partial charge in [0.05, 0.1) is 0 Å². The standard InChI is InChI=1S/C18H34/c1-14-8-7-10-17(15(14)2)16-9-5-6-12-18(3,4)13-11-16/h14-17H,5-13H2,1-4H3. The maximum Gasteiger partial charge on any atom is -0.0354 e. The minimum absolute atomic E-state index is 0.613. The number of hydrogen-bond acceptors (Lipinski definition) is 0. The second kappa shape index (κ2) is 5.97. The van der Waals surface area contributed by atoms with E-state index in [1.165, 1.54) is 57.8 Å². The summed E-state index contributed by atoms with van der Waals surface area (Å²) in [6.45, 7) is 10.0. The lowest BCUT2D eigenvalue weighted by atomic mass is 9.64. The van der Waals surface area contributed by atoms with E-state index in [1.807, 2.05) is 0 Å². The third-order valence-electron chi connectivity index (χ3n) is 6.25. The molecule has 0 heteroatoms. The van der Waals surface area contributed by atoms with Gasteiger partial charge in [0.1, 0.15) is 0 Å². The molecule has 4 atom stereocenters. The summed E-state index contributed by atoms with van der Waals surface area (Å²) < 4.78 is 0. The van der Waals surface area contributed by atoms with Gasteiger partial charge in [0.15, 0.2) is 0 Å². The van der Waals surface area contributed by atoms with E-state index in [0.717, 1.165) is 23.7 Å². The molecule has 0 saturated heterocycles. The van der Waals surface area contributed by atoms with Crippen LogP contribution < -0.4 is 0 Å². The molecule has 2 saturated carbocycles. The molecule has 0 aliphatic heterocycles. The quantitative estimate of drug-likeness (QED) is 0.531. The molecule has 2 aliphatic carbocycles. The van der Waals surface area contributed by atoms with E-state index in [-0.39, 0.29) is 0 Å². The van der Waals surface area contributed by atoms with Gasteiger partial charge >= 0.3 is 0 Å². The maximum absolute atomic E-state index is 2.54. The lowest BCUT2D eigenvalue weighted by Crippen LogP contribution is -2.31. The first-order valence-corrected chi connectivity index (χ1v) is 8.49. The van der Waals surface area contributed by atoms with Gasteiger partial charge in [-0.1, -0.05) is 59.8 Å². The molecule has 0 nitrogen and oxygen atoms in total. The molecular weight excluding hydrogens is 216 g/mol. The van der Waals surface area contributed by atoms with Gasteiger partial charge in [0.2, 0.25) is 0 Å². The third kappa shape index (κ3) is 3.52. The fourth-order valence-corrected chi connectivity index (χ4v) is 4.57. The Morgan fingerprint density at radius 1 is 0.778 bits per heavy atom. The van der Waals surface area contributed by atoms with Crippen LogP contribution in [0.3, 0.4) is 0 Å². The van der Waals surface area contributed by atoms with Crippen LogP contribution in [0.25, 0.3) is 0 Å². The van der Waals surface area contributed by atoms with Gasteiger partial charge in [-0.05, 0) is 54.8 Å². The van der Waals surface area contributed by atoms with Crippen molar-refractivity contribution in [1.29, 1.82) is 0 Å². The third-order valence-corrected chi connectivity index (χ3v) is 6.25. The fraction of sp³-hybridized carbons (Fsp3) is 1.00. The summed E-state index contributed by atoms with van der Waals surface area (Å²) in [4.78, 5) is 0. The summed E-state index contributed by atoms with van der Waals surface area (Å²) in [6.07, 6.45) is 13.4. The molecule has 0 spiro atoms. The Kier molecular flexibility index (Phi) is 4.78. The van der Waals surface area contributed by atoms with Crippen molar-refractivity contribution in [3.8, 4) is 0 Å². The van der Waals surface area contributed by atoms with Crippen LogP contribution >= 0.6 is 0 Å². The monoisotopic (exact) mass is 250 g/mol. The highest BCUT2D eigenvalue weighted by molar-refractivity contribution is 4.84. The van der Waals surface area contributed by atoms with E-state index in [4.69, 9.17) is 0 Å². The van der Waals surface area contributed by atoms with Crippen LogP contribution in [0.15, 0.2) is 0 Å². The Labute approximate surface area is 115 Å². The molecule has 18 heavy (non-hydrogen) atoms. The van der Waals surface area contributed by atoms with E-state index >= 15 is 0 Å². The lowest BCUT2D eigenvalue weighted by molar-refractivity contribution is 0.0920. The van der Waals surface area contributed by atoms with Crippen molar-refractivity contribution in [3.63, 3.8) is 0 Å². The van der Waals surface area contributed by atoms with Crippen molar-refractivity contribution < 1.29 is 0 Å². The number of hydrogen-bond donors (Lipinski definition) is 0. The van der Waals surface area contributed by atoms with E-state index in [1.54, 1.807) is 0 Å². The summed E-state index contributed by atoms with van der Waals surface area (Å²) in [7, 11) is 0. The minimum atomic E-state index is 0.613. The van der Waals surface area contributed by atoms with Crippen LogP contribution in [0.1, 0.15) is 85.5 Å². The zero-order valence-corrected chi connectivity index (χ0v) is 13.2. The van der Waals surface area contributed by atoms with Gasteiger partial charge in [0.25, 0.3) is 0 Å². The molecule has 0 radical (unpaired) electrons. The minimum Gasteiger partial charge on any atom is -0.0622 e. The average Bonchev–Trinajstić information content (AvgIpc) is 2.30. The smallest absolute Gasteiger partial charge is 0.0354 e. The van der Waals surface area contributed by atoms with E-state index in [0.29, 0.717) is 5.41 Å². The van der Waals surface area contributed by atoms with Crippen LogP contribution in [0.2, 0.25) is 0 Å². The normalized spacial score (nSPS) is 42.0. The van der Waals surface area contributed by atoms with Crippen molar-refractivity contribution >= 4 is 0 Å². The Bertz CT molecular complexity index is 253. The van der Waals surface area contributed by atoms with Crippen molar-refractivity contribution in [2.75, 3.05) is 0 Å². The molecule has 0 heterocycles. The highest BCUT2D eigenvalue weighted by atomic mass is 14.4. The fourth-order valence-electron chi connectivity index (χ4n) is 4.57. The predicted molar refractivity (Wildman–Crippen MR) is 80.6 cm³/mol. The topological polar surface area (TPSA) is 0 Å². The molecule has 2 fully saturated rings. The van der Waals surface area contributed by atoms with Crippen LogP contribution in [0.4, 0.5) is 0 Å². The van der Waals surface area contributed by atoms with E-state index < -0.39 is 0 Å². The summed E-state index contributed by atoms with van der Waals surface area (Å²) >= 11 is 0. The Morgan fingerprint density at radius 2 is 1.56 bits per heavy atom. The zero-order valence-electron chi connectivity index (χ0n) is 13.2. The van der Waals surface area contributed by atoms with Gasteiger partial charge in [-0.15, -0.1) is 0 Å². The molecule has 4 unspecified atom stereocenters. The molecule has 0 aromatic rings. The van der Waals surface area contributed by atoms with Crippen molar-refractivity contribution in [3.05, 3.63) is 0 Å². The van der Waals surface area contributed by atoms with Crippen LogP contribution in [-0.2, 0) is 0 Å². The summed E-state index contributed by atoms with van der Waals surface area (Å²) in [5, 5.41) is 0. The Balaban J connectivity index is 1.97. The molecule has 0 amide bonds. The second-order valence-electron chi connectivity index (χ2n) is 8.14. The highest BCUT2D eigenvalue weighted by Gasteiger charge is 2.34. The molecule has 106 valence electrons. The Morgan fingerprint density at radius 3 is 2.33 bits per heavy atom. The predicted octanol–water partition coefficient (Wildman–Crippen LogP) is 6.06. The van der Waals surface area contributed by atoms with Gasteiger partial charge < -0.3 is 0 Å². The summed E-state index contributed by atoms with van der Waals surface area (Å²) in [6, 6.07) is 0. The highest BCUT2D eigenvalue weighted by Crippen LogP contribution is 2.45. The molecule has 2 aliphatic rings. The summed E-state index contributed by atoms with van der Waals surface area (Å²) in [5.41, 5.74) is 0.613. The SMILES string of the molecule is CC1CCCC(C2CCCCC(C)(C)CC2)C1C. The second-order valence-corrected chi connectivity index (χ2v) is 8.14. The average molecular weight is 250 g/mol. The van der Waals surface area contributed by atoms with E-state index in [9.17, 15) is 0 Å². The van der Waals surface area contributed by atoms with Gasteiger partial charge in [-0.25, -0.2) is 0 Å². The molecular formula is C18H34. The van der Waals surface area contributed by atoms with Gasteiger partial charge in [-0.2, -0.15) is 0 Å². The molecule has 0 bridgehead atoms. The van der Waals surface area contributed by atoms with Crippen molar-refractivity contribution in [2.45, 2.75) is 85.5 Å². The first-order chi connectivity index (χ1) is 8.49. The van der Waals surface area contributed by atoms with Crippen LogP contribution in [0.5, 0.6) is 0 Å². The number of rotatable bonds is 1. The largest absolute Gasteiger partial charge is 0.0622 e. The van der Waals surface area contributed by atoms with Gasteiger partial charge in [0, 0.05) is 0 Å². The molecule has 0 aromatic carbocycles.